The smallest absolute Gasteiger partial charge is 0.119 e. The summed E-state index contributed by atoms with van der Waals surface area (Å²) in [4.78, 5) is 0. The third kappa shape index (κ3) is 1.87. The lowest BCUT2D eigenvalue weighted by Crippen LogP contribution is -2.48. The molecule has 4 rings (SSSR count). The highest BCUT2D eigenvalue weighted by Crippen LogP contribution is 2.56. The van der Waals surface area contributed by atoms with Gasteiger partial charge >= 0.3 is 0 Å². The van der Waals surface area contributed by atoms with Crippen molar-refractivity contribution in [3.05, 3.63) is 29.3 Å². The Morgan fingerprint density at radius 2 is 2.19 bits per heavy atom. The van der Waals surface area contributed by atoms with Crippen molar-refractivity contribution in [2.75, 3.05) is 13.7 Å². The first kappa shape index (κ1) is 13.6. The fraction of sp³-hybridized carbons (Fsp3) is 0.667. The maximum Gasteiger partial charge on any atom is 0.119 e. The van der Waals surface area contributed by atoms with Crippen LogP contribution in [0.2, 0.25) is 0 Å². The Morgan fingerprint density at radius 3 is 3.00 bits per heavy atom. The van der Waals surface area contributed by atoms with Gasteiger partial charge in [-0.15, -0.1) is 0 Å². The van der Waals surface area contributed by atoms with Gasteiger partial charge in [-0.25, -0.2) is 0 Å². The van der Waals surface area contributed by atoms with Crippen molar-refractivity contribution in [2.24, 2.45) is 11.3 Å². The lowest BCUT2D eigenvalue weighted by molar-refractivity contribution is -0.0477. The van der Waals surface area contributed by atoms with E-state index in [9.17, 15) is 5.11 Å². The number of hydrogen-bond acceptors (Lipinski definition) is 3. The van der Waals surface area contributed by atoms with E-state index >= 15 is 0 Å². The van der Waals surface area contributed by atoms with E-state index in [1.807, 2.05) is 0 Å². The molecule has 0 amide bonds. The lowest BCUT2D eigenvalue weighted by Gasteiger charge is -2.48. The summed E-state index contributed by atoms with van der Waals surface area (Å²) in [5.41, 5.74) is 2.89. The van der Waals surface area contributed by atoms with Gasteiger partial charge in [-0.05, 0) is 60.8 Å². The molecule has 0 spiro atoms. The molecule has 1 heterocycles. The van der Waals surface area contributed by atoms with Gasteiger partial charge in [-0.1, -0.05) is 13.0 Å². The van der Waals surface area contributed by atoms with Crippen LogP contribution in [0, 0.1) is 11.3 Å². The first-order valence-electron chi connectivity index (χ1n) is 8.10. The van der Waals surface area contributed by atoms with Crippen LogP contribution in [-0.2, 0) is 11.2 Å². The molecule has 1 aromatic rings. The van der Waals surface area contributed by atoms with Gasteiger partial charge in [-0.3, -0.25) is 0 Å². The predicted molar refractivity (Wildman–Crippen MR) is 80.6 cm³/mol. The SMILES string of the molecule is COc1ccc2c(c1)CC[C@@H]1[C@@H]2CC[C@]2(C)[C@@H](O)CO[C@@H]12. The number of rotatable bonds is 1. The molecule has 114 valence electrons. The molecule has 2 fully saturated rings. The molecule has 0 radical (unpaired) electrons. The van der Waals surface area contributed by atoms with E-state index in [2.05, 4.69) is 25.1 Å². The van der Waals surface area contributed by atoms with E-state index in [1.54, 1.807) is 7.11 Å². The monoisotopic (exact) mass is 288 g/mol. The standard InChI is InChI=1S/C18H24O3/c1-18-8-7-14-13-6-4-12(20-2)9-11(13)3-5-15(14)17(18)21-10-16(18)19/h4,6,9,14-17,19H,3,5,7-8,10H2,1-2H3/t14-,15-,16+,17+,18-/m1/s1. The van der Waals surface area contributed by atoms with E-state index in [0.29, 0.717) is 18.4 Å². The zero-order valence-electron chi connectivity index (χ0n) is 12.8. The third-order valence-electron chi connectivity index (χ3n) is 6.24. The zero-order chi connectivity index (χ0) is 14.6. The summed E-state index contributed by atoms with van der Waals surface area (Å²) in [5, 5.41) is 10.3. The summed E-state index contributed by atoms with van der Waals surface area (Å²) in [6, 6.07) is 6.53. The number of fused-ring (bicyclic) bond motifs is 5. The molecular formula is C18H24O3. The van der Waals surface area contributed by atoms with Crippen LogP contribution in [0.1, 0.15) is 43.2 Å². The number of benzene rings is 1. The van der Waals surface area contributed by atoms with Gasteiger partial charge < -0.3 is 14.6 Å². The summed E-state index contributed by atoms with van der Waals surface area (Å²) in [7, 11) is 1.73. The van der Waals surface area contributed by atoms with E-state index in [1.165, 1.54) is 11.1 Å². The van der Waals surface area contributed by atoms with E-state index in [0.717, 1.165) is 31.4 Å². The van der Waals surface area contributed by atoms with Crippen molar-refractivity contribution >= 4 is 0 Å². The predicted octanol–water partition coefficient (Wildman–Crippen LogP) is 2.90. The highest BCUT2D eigenvalue weighted by molar-refractivity contribution is 5.40. The Kier molecular flexibility index (Phi) is 3.05. The van der Waals surface area contributed by atoms with Crippen LogP contribution < -0.4 is 4.74 Å². The number of aliphatic hydroxyl groups excluding tert-OH is 1. The van der Waals surface area contributed by atoms with Crippen molar-refractivity contribution in [2.45, 2.75) is 50.7 Å². The largest absolute Gasteiger partial charge is 0.497 e. The van der Waals surface area contributed by atoms with Gasteiger partial charge in [0, 0.05) is 5.41 Å². The van der Waals surface area contributed by atoms with Crippen LogP contribution in [0.3, 0.4) is 0 Å². The second kappa shape index (κ2) is 4.72. The number of methoxy groups -OCH3 is 1. The lowest BCUT2D eigenvalue weighted by atomic mass is 9.58. The number of ether oxygens (including phenoxy) is 2. The Hall–Kier alpha value is -1.06. The molecule has 3 nitrogen and oxygen atoms in total. The Bertz CT molecular complexity index is 555. The fourth-order valence-corrected chi connectivity index (χ4v) is 4.93. The number of aryl methyl sites for hydroxylation is 1. The van der Waals surface area contributed by atoms with Crippen LogP contribution in [-0.4, -0.2) is 31.0 Å². The van der Waals surface area contributed by atoms with Crippen molar-refractivity contribution < 1.29 is 14.6 Å². The van der Waals surface area contributed by atoms with Crippen LogP contribution in [0.25, 0.3) is 0 Å². The summed E-state index contributed by atoms with van der Waals surface area (Å²) < 4.78 is 11.4. The number of hydrogen-bond donors (Lipinski definition) is 1. The molecule has 1 aromatic carbocycles. The van der Waals surface area contributed by atoms with Gasteiger partial charge in [0.05, 0.1) is 25.9 Å². The van der Waals surface area contributed by atoms with Crippen LogP contribution in [0.15, 0.2) is 18.2 Å². The summed E-state index contributed by atoms with van der Waals surface area (Å²) >= 11 is 0. The molecular weight excluding hydrogens is 264 g/mol. The minimum Gasteiger partial charge on any atom is -0.497 e. The maximum atomic E-state index is 10.3. The molecule has 0 bridgehead atoms. The third-order valence-corrected chi connectivity index (χ3v) is 6.24. The molecule has 3 aliphatic rings. The van der Waals surface area contributed by atoms with Gasteiger partial charge in [0.1, 0.15) is 5.75 Å². The minimum atomic E-state index is -0.291. The molecule has 1 aliphatic heterocycles. The zero-order valence-corrected chi connectivity index (χ0v) is 12.8. The van der Waals surface area contributed by atoms with E-state index in [4.69, 9.17) is 9.47 Å². The molecule has 1 saturated heterocycles. The molecule has 0 aromatic heterocycles. The number of aliphatic hydroxyl groups is 1. The molecule has 21 heavy (non-hydrogen) atoms. The van der Waals surface area contributed by atoms with Gasteiger partial charge in [0.25, 0.3) is 0 Å². The summed E-state index contributed by atoms with van der Waals surface area (Å²) in [5.74, 6) is 2.10. The highest BCUT2D eigenvalue weighted by atomic mass is 16.5. The molecule has 5 atom stereocenters. The fourth-order valence-electron chi connectivity index (χ4n) is 4.93. The topological polar surface area (TPSA) is 38.7 Å². The molecule has 3 heteroatoms. The van der Waals surface area contributed by atoms with Crippen molar-refractivity contribution in [1.29, 1.82) is 0 Å². The van der Waals surface area contributed by atoms with Gasteiger partial charge in [0.15, 0.2) is 0 Å². The summed E-state index contributed by atoms with van der Waals surface area (Å²) in [6.45, 7) is 2.73. The second-order valence-corrected chi connectivity index (χ2v) is 7.19. The highest BCUT2D eigenvalue weighted by Gasteiger charge is 2.55. The van der Waals surface area contributed by atoms with Gasteiger partial charge in [0.2, 0.25) is 0 Å². The Balaban J connectivity index is 1.68. The molecule has 1 N–H and O–H groups in total. The second-order valence-electron chi connectivity index (χ2n) is 7.19. The maximum absolute atomic E-state index is 10.3. The Morgan fingerprint density at radius 1 is 1.33 bits per heavy atom. The average Bonchev–Trinajstić information content (AvgIpc) is 2.82. The van der Waals surface area contributed by atoms with Crippen molar-refractivity contribution in [3.8, 4) is 5.75 Å². The first-order valence-corrected chi connectivity index (χ1v) is 8.10. The Labute approximate surface area is 126 Å². The molecule has 2 aliphatic carbocycles. The molecule has 0 unspecified atom stereocenters. The van der Waals surface area contributed by atoms with E-state index in [-0.39, 0.29) is 17.6 Å². The van der Waals surface area contributed by atoms with E-state index < -0.39 is 0 Å². The van der Waals surface area contributed by atoms with Crippen LogP contribution in [0.5, 0.6) is 5.75 Å². The van der Waals surface area contributed by atoms with Crippen molar-refractivity contribution in [1.82, 2.24) is 0 Å². The molecule has 1 saturated carbocycles. The average molecular weight is 288 g/mol. The van der Waals surface area contributed by atoms with Crippen LogP contribution in [0.4, 0.5) is 0 Å². The quantitative estimate of drug-likeness (QED) is 0.863. The summed E-state index contributed by atoms with van der Waals surface area (Å²) in [6.07, 6.45) is 4.42. The van der Waals surface area contributed by atoms with Crippen molar-refractivity contribution in [3.63, 3.8) is 0 Å². The normalized spacial score (nSPS) is 41.1. The minimum absolute atomic E-state index is 0.0366. The van der Waals surface area contributed by atoms with Gasteiger partial charge in [-0.2, -0.15) is 0 Å². The first-order chi connectivity index (χ1) is 10.1. The van der Waals surface area contributed by atoms with Crippen LogP contribution >= 0.6 is 0 Å².